The quantitative estimate of drug-likeness (QED) is 0.868. The lowest BCUT2D eigenvalue weighted by Crippen LogP contribution is -2.42. The van der Waals surface area contributed by atoms with Crippen LogP contribution in [-0.2, 0) is 0 Å². The van der Waals surface area contributed by atoms with Gasteiger partial charge in [0, 0.05) is 55.9 Å². The molecule has 0 bridgehead atoms. The van der Waals surface area contributed by atoms with Crippen molar-refractivity contribution in [3.05, 3.63) is 54.4 Å². The van der Waals surface area contributed by atoms with Gasteiger partial charge in [-0.05, 0) is 55.7 Å². The van der Waals surface area contributed by atoms with Crippen molar-refractivity contribution in [2.75, 3.05) is 26.2 Å². The van der Waals surface area contributed by atoms with Gasteiger partial charge in [0.15, 0.2) is 0 Å². The van der Waals surface area contributed by atoms with Crippen molar-refractivity contribution in [3.63, 3.8) is 0 Å². The maximum atomic E-state index is 12.8. The van der Waals surface area contributed by atoms with Crippen LogP contribution in [0, 0.1) is 0 Å². The zero-order valence-electron chi connectivity index (χ0n) is 14.1. The van der Waals surface area contributed by atoms with Gasteiger partial charge in [-0.2, -0.15) is 0 Å². The number of carbonyl (C=O) groups excluding carboxylic acids is 1. The summed E-state index contributed by atoms with van der Waals surface area (Å²) >= 11 is 0. The van der Waals surface area contributed by atoms with Crippen LogP contribution in [-0.4, -0.2) is 52.5 Å². The predicted molar refractivity (Wildman–Crippen MR) is 95.5 cm³/mol. The molecular weight excluding hydrogens is 298 g/mol. The second kappa shape index (κ2) is 6.81. The van der Waals surface area contributed by atoms with Crippen molar-refractivity contribution in [2.24, 2.45) is 0 Å². The van der Waals surface area contributed by atoms with Crippen molar-refractivity contribution in [1.82, 2.24) is 14.4 Å². The Morgan fingerprint density at radius 3 is 2.29 bits per heavy atom. The average Bonchev–Trinajstić information content (AvgIpc) is 3.00. The largest absolute Gasteiger partial charge is 0.337 e. The Balaban J connectivity index is 1.41. The number of rotatable bonds is 3. The van der Waals surface area contributed by atoms with Gasteiger partial charge in [0.05, 0.1) is 0 Å². The van der Waals surface area contributed by atoms with E-state index in [2.05, 4.69) is 9.47 Å². The molecule has 0 unspecified atom stereocenters. The van der Waals surface area contributed by atoms with Gasteiger partial charge in [-0.15, -0.1) is 0 Å². The van der Waals surface area contributed by atoms with Gasteiger partial charge in [-0.1, -0.05) is 6.42 Å². The average molecular weight is 323 g/mol. The SMILES string of the molecule is O=C(c1ccc(-n2cccc2)cc1)N1CCCN(C2CCC2)CC1. The van der Waals surface area contributed by atoms with E-state index in [-0.39, 0.29) is 5.91 Å². The minimum absolute atomic E-state index is 0.171. The lowest BCUT2D eigenvalue weighted by Gasteiger charge is -2.36. The van der Waals surface area contributed by atoms with Gasteiger partial charge in [0.2, 0.25) is 0 Å². The molecule has 1 aromatic carbocycles. The van der Waals surface area contributed by atoms with E-state index in [0.717, 1.165) is 49.9 Å². The first kappa shape index (κ1) is 15.5. The summed E-state index contributed by atoms with van der Waals surface area (Å²) < 4.78 is 2.05. The molecule has 0 spiro atoms. The van der Waals surface area contributed by atoms with Crippen molar-refractivity contribution in [2.45, 2.75) is 31.7 Å². The summed E-state index contributed by atoms with van der Waals surface area (Å²) in [5.74, 6) is 0.171. The van der Waals surface area contributed by atoms with E-state index in [1.54, 1.807) is 0 Å². The molecule has 1 saturated heterocycles. The number of amides is 1. The summed E-state index contributed by atoms with van der Waals surface area (Å²) in [6.07, 6.45) is 9.17. The van der Waals surface area contributed by atoms with Crippen LogP contribution in [0.5, 0.6) is 0 Å². The van der Waals surface area contributed by atoms with Crippen LogP contribution >= 0.6 is 0 Å². The normalized spacial score (nSPS) is 19.8. The van der Waals surface area contributed by atoms with Gasteiger partial charge >= 0.3 is 0 Å². The highest BCUT2D eigenvalue weighted by molar-refractivity contribution is 5.94. The van der Waals surface area contributed by atoms with Gasteiger partial charge < -0.3 is 9.47 Å². The molecule has 0 atom stereocenters. The number of hydrogen-bond donors (Lipinski definition) is 0. The first-order valence-electron chi connectivity index (χ1n) is 9.08. The Kier molecular flexibility index (Phi) is 4.39. The molecular formula is C20H25N3O. The monoisotopic (exact) mass is 323 g/mol. The zero-order valence-corrected chi connectivity index (χ0v) is 14.1. The van der Waals surface area contributed by atoms with Crippen LogP contribution in [0.25, 0.3) is 5.69 Å². The number of benzene rings is 1. The van der Waals surface area contributed by atoms with Crippen LogP contribution in [0.1, 0.15) is 36.0 Å². The molecule has 2 aromatic rings. The number of carbonyl (C=O) groups is 1. The molecule has 4 nitrogen and oxygen atoms in total. The Morgan fingerprint density at radius 1 is 0.875 bits per heavy atom. The van der Waals surface area contributed by atoms with Gasteiger partial charge in [0.1, 0.15) is 0 Å². The van der Waals surface area contributed by atoms with Gasteiger partial charge in [-0.25, -0.2) is 0 Å². The van der Waals surface area contributed by atoms with Crippen molar-refractivity contribution >= 4 is 5.91 Å². The molecule has 126 valence electrons. The van der Waals surface area contributed by atoms with E-state index in [1.807, 2.05) is 53.7 Å². The topological polar surface area (TPSA) is 28.5 Å². The highest BCUT2D eigenvalue weighted by Gasteiger charge is 2.27. The smallest absolute Gasteiger partial charge is 0.253 e. The molecule has 1 aliphatic heterocycles. The molecule has 2 heterocycles. The van der Waals surface area contributed by atoms with Gasteiger partial charge in [-0.3, -0.25) is 9.69 Å². The third-order valence-corrected chi connectivity index (χ3v) is 5.43. The molecule has 2 fully saturated rings. The highest BCUT2D eigenvalue weighted by Crippen LogP contribution is 2.25. The van der Waals surface area contributed by atoms with E-state index >= 15 is 0 Å². The highest BCUT2D eigenvalue weighted by atomic mass is 16.2. The number of hydrogen-bond acceptors (Lipinski definition) is 2. The summed E-state index contributed by atoms with van der Waals surface area (Å²) in [5.41, 5.74) is 1.88. The lowest BCUT2D eigenvalue weighted by atomic mass is 9.91. The van der Waals surface area contributed by atoms with E-state index < -0.39 is 0 Å². The van der Waals surface area contributed by atoms with E-state index in [1.165, 1.54) is 19.3 Å². The van der Waals surface area contributed by atoms with Crippen LogP contribution in [0.4, 0.5) is 0 Å². The number of nitrogens with zero attached hydrogens (tertiary/aromatic N) is 3. The first-order valence-corrected chi connectivity index (χ1v) is 9.08. The third kappa shape index (κ3) is 3.11. The fourth-order valence-corrected chi connectivity index (χ4v) is 3.72. The fourth-order valence-electron chi connectivity index (χ4n) is 3.72. The summed E-state index contributed by atoms with van der Waals surface area (Å²) in [7, 11) is 0. The van der Waals surface area contributed by atoms with Crippen LogP contribution in [0.15, 0.2) is 48.8 Å². The molecule has 1 amide bonds. The van der Waals surface area contributed by atoms with Crippen LogP contribution in [0.2, 0.25) is 0 Å². The second-order valence-corrected chi connectivity index (χ2v) is 6.90. The molecule has 2 aliphatic rings. The Labute approximate surface area is 143 Å². The summed E-state index contributed by atoms with van der Waals surface area (Å²) in [6, 6.07) is 12.7. The minimum atomic E-state index is 0.171. The molecule has 1 aromatic heterocycles. The Hall–Kier alpha value is -2.07. The molecule has 0 radical (unpaired) electrons. The summed E-state index contributed by atoms with van der Waals surface area (Å²) in [6.45, 7) is 3.90. The molecule has 1 saturated carbocycles. The van der Waals surface area contributed by atoms with E-state index in [4.69, 9.17) is 0 Å². The summed E-state index contributed by atoms with van der Waals surface area (Å²) in [4.78, 5) is 17.4. The third-order valence-electron chi connectivity index (χ3n) is 5.43. The zero-order chi connectivity index (χ0) is 16.4. The standard InChI is InChI=1S/C20H25N3O/c24-20(17-7-9-19(10-8-17)21-11-1-2-12-21)23-14-4-13-22(15-16-23)18-5-3-6-18/h1-2,7-12,18H,3-6,13-16H2. The summed E-state index contributed by atoms with van der Waals surface area (Å²) in [5, 5.41) is 0. The van der Waals surface area contributed by atoms with Crippen molar-refractivity contribution in [3.8, 4) is 5.69 Å². The fraction of sp³-hybridized carbons (Fsp3) is 0.450. The van der Waals surface area contributed by atoms with Crippen LogP contribution < -0.4 is 0 Å². The van der Waals surface area contributed by atoms with Crippen molar-refractivity contribution in [1.29, 1.82) is 0 Å². The van der Waals surface area contributed by atoms with Gasteiger partial charge in [0.25, 0.3) is 5.91 Å². The van der Waals surface area contributed by atoms with E-state index in [9.17, 15) is 4.79 Å². The second-order valence-electron chi connectivity index (χ2n) is 6.90. The minimum Gasteiger partial charge on any atom is -0.337 e. The lowest BCUT2D eigenvalue weighted by molar-refractivity contribution is 0.0749. The molecule has 1 aliphatic carbocycles. The first-order chi connectivity index (χ1) is 11.8. The Bertz CT molecular complexity index is 673. The van der Waals surface area contributed by atoms with Crippen molar-refractivity contribution < 1.29 is 4.79 Å². The maximum Gasteiger partial charge on any atom is 0.253 e. The van der Waals surface area contributed by atoms with E-state index in [0.29, 0.717) is 0 Å². The molecule has 4 heteroatoms. The molecule has 0 N–H and O–H groups in total. The maximum absolute atomic E-state index is 12.8. The molecule has 4 rings (SSSR count). The number of aromatic nitrogens is 1. The van der Waals surface area contributed by atoms with Crippen LogP contribution in [0.3, 0.4) is 0 Å². The predicted octanol–water partition coefficient (Wildman–Crippen LogP) is 3.18. The Morgan fingerprint density at radius 2 is 1.62 bits per heavy atom. The molecule has 24 heavy (non-hydrogen) atoms.